The Kier molecular flexibility index (Phi) is 8.68. The van der Waals surface area contributed by atoms with Gasteiger partial charge in [-0.2, -0.15) is 0 Å². The minimum Gasteiger partial charge on any atom is -0.444 e. The van der Waals surface area contributed by atoms with Gasteiger partial charge in [-0.3, -0.25) is 0 Å². The molecule has 6 heteroatoms. The molecule has 1 amide bonds. The third-order valence-corrected chi connectivity index (χ3v) is 10.7. The van der Waals surface area contributed by atoms with Crippen molar-refractivity contribution in [3.05, 3.63) is 60.7 Å². The van der Waals surface area contributed by atoms with E-state index in [0.717, 1.165) is 0 Å². The number of carbonyl (C=O) groups excluding carboxylic acids is 1. The smallest absolute Gasteiger partial charge is 0.410 e. The molecule has 2 aromatic rings. The molecule has 32 heavy (non-hydrogen) atoms. The summed E-state index contributed by atoms with van der Waals surface area (Å²) in [4.78, 5) is 14.0. The fourth-order valence-corrected chi connectivity index (χ4v) is 8.58. The van der Waals surface area contributed by atoms with Crippen molar-refractivity contribution < 1.29 is 19.1 Å². The molecule has 2 rings (SSSR count). The first-order valence-electron chi connectivity index (χ1n) is 11.2. The summed E-state index contributed by atoms with van der Waals surface area (Å²) >= 11 is 0. The zero-order valence-corrected chi connectivity index (χ0v) is 21.6. The number of nitrogens with zero attached hydrogens (tertiary/aromatic N) is 1. The second-order valence-corrected chi connectivity index (χ2v) is 14.5. The van der Waals surface area contributed by atoms with Crippen LogP contribution in [0.25, 0.3) is 0 Å². The number of hydrogen-bond donors (Lipinski definition) is 1. The number of hydrogen-bond acceptors (Lipinski definition) is 4. The van der Waals surface area contributed by atoms with E-state index >= 15 is 0 Å². The maximum Gasteiger partial charge on any atom is 0.410 e. The average molecular weight is 458 g/mol. The van der Waals surface area contributed by atoms with E-state index < -0.39 is 20.0 Å². The molecule has 0 aliphatic carbocycles. The van der Waals surface area contributed by atoms with Crippen molar-refractivity contribution >= 4 is 24.8 Å². The molecule has 0 saturated heterocycles. The van der Waals surface area contributed by atoms with Crippen LogP contribution in [0.2, 0.25) is 5.04 Å². The number of likely N-dealkylation sites (N-methyl/N-ethyl adjacent to an activating group) is 1. The third kappa shape index (κ3) is 6.21. The summed E-state index contributed by atoms with van der Waals surface area (Å²) in [7, 11) is -0.981. The monoisotopic (exact) mass is 457 g/mol. The highest BCUT2D eigenvalue weighted by Gasteiger charge is 2.50. The van der Waals surface area contributed by atoms with Gasteiger partial charge in [-0.05, 0) is 42.6 Å². The number of aliphatic hydroxyl groups excluding tert-OH is 1. The van der Waals surface area contributed by atoms with Crippen LogP contribution in [0.1, 0.15) is 48.0 Å². The summed E-state index contributed by atoms with van der Waals surface area (Å²) in [5.74, 6) is 0. The third-order valence-electron chi connectivity index (χ3n) is 5.63. The molecule has 5 nitrogen and oxygen atoms in total. The highest BCUT2D eigenvalue weighted by molar-refractivity contribution is 6.99. The SMILES string of the molecule is CN(C(=O)OC(C)(C)C)[C@@H](CO)CCO[Si](c1ccccc1)(c1ccccc1)C(C)(C)C. The second kappa shape index (κ2) is 10.6. The number of ether oxygens (including phenoxy) is 1. The van der Waals surface area contributed by atoms with Crippen LogP contribution in [0.15, 0.2) is 60.7 Å². The molecule has 0 aromatic heterocycles. The Hall–Kier alpha value is -2.15. The minimum atomic E-state index is -2.65. The fraction of sp³-hybridized carbons (Fsp3) is 0.500. The van der Waals surface area contributed by atoms with Gasteiger partial charge in [0.15, 0.2) is 0 Å². The molecule has 0 aliphatic heterocycles. The molecule has 2 aromatic carbocycles. The molecule has 0 saturated carbocycles. The highest BCUT2D eigenvalue weighted by Crippen LogP contribution is 2.36. The predicted octanol–water partition coefficient (Wildman–Crippen LogP) is 4.18. The molecule has 0 heterocycles. The Morgan fingerprint density at radius 3 is 1.78 bits per heavy atom. The molecule has 176 valence electrons. The molecule has 0 spiro atoms. The number of aliphatic hydroxyl groups is 1. The minimum absolute atomic E-state index is 0.124. The first-order valence-corrected chi connectivity index (χ1v) is 13.1. The van der Waals surface area contributed by atoms with Crippen LogP contribution in [-0.4, -0.2) is 56.3 Å². The fourth-order valence-electron chi connectivity index (χ4n) is 4.00. The van der Waals surface area contributed by atoms with Gasteiger partial charge in [-0.1, -0.05) is 81.4 Å². The lowest BCUT2D eigenvalue weighted by Gasteiger charge is -2.43. The van der Waals surface area contributed by atoms with E-state index in [2.05, 4.69) is 69.3 Å². The molecule has 0 fully saturated rings. The largest absolute Gasteiger partial charge is 0.444 e. The van der Waals surface area contributed by atoms with Crippen LogP contribution in [0.4, 0.5) is 4.79 Å². The number of benzene rings is 2. The van der Waals surface area contributed by atoms with Gasteiger partial charge in [-0.25, -0.2) is 4.79 Å². The average Bonchev–Trinajstić information content (AvgIpc) is 2.73. The van der Waals surface area contributed by atoms with E-state index in [1.54, 1.807) is 7.05 Å². The van der Waals surface area contributed by atoms with Gasteiger partial charge in [0.2, 0.25) is 0 Å². The Morgan fingerprint density at radius 1 is 0.938 bits per heavy atom. The molecular formula is C26H39NO4Si. The van der Waals surface area contributed by atoms with Crippen LogP contribution >= 0.6 is 0 Å². The van der Waals surface area contributed by atoms with Crippen molar-refractivity contribution in [2.75, 3.05) is 20.3 Å². The summed E-state index contributed by atoms with van der Waals surface area (Å²) in [6.45, 7) is 12.5. The molecule has 1 N–H and O–H groups in total. The lowest BCUT2D eigenvalue weighted by Crippen LogP contribution is -2.66. The summed E-state index contributed by atoms with van der Waals surface area (Å²) < 4.78 is 12.3. The Morgan fingerprint density at radius 2 is 1.41 bits per heavy atom. The standard InChI is InChI=1S/C26H39NO4Si/c1-25(2,3)31-24(29)27(7)21(20-28)18-19-30-32(26(4,5)6,22-14-10-8-11-15-22)23-16-12-9-13-17-23/h8-17,21,28H,18-20H2,1-7H3/t21-/m1/s1. The number of rotatable bonds is 8. The molecule has 0 aliphatic rings. The summed E-state index contributed by atoms with van der Waals surface area (Å²) in [6, 6.07) is 20.5. The highest BCUT2D eigenvalue weighted by atomic mass is 28.4. The maximum absolute atomic E-state index is 12.5. The van der Waals surface area contributed by atoms with Gasteiger partial charge in [-0.15, -0.1) is 0 Å². The van der Waals surface area contributed by atoms with Crippen molar-refractivity contribution in [3.63, 3.8) is 0 Å². The topological polar surface area (TPSA) is 59.0 Å². The van der Waals surface area contributed by atoms with Crippen molar-refractivity contribution in [3.8, 4) is 0 Å². The maximum atomic E-state index is 12.5. The quantitative estimate of drug-likeness (QED) is 0.604. The van der Waals surface area contributed by atoms with E-state index in [0.29, 0.717) is 13.0 Å². The zero-order chi connectivity index (χ0) is 24.0. The van der Waals surface area contributed by atoms with Gasteiger partial charge in [0.25, 0.3) is 8.32 Å². The normalized spacial score (nSPS) is 13.5. The van der Waals surface area contributed by atoms with Crippen molar-refractivity contribution in [1.29, 1.82) is 0 Å². The molecule has 1 atom stereocenters. The van der Waals surface area contributed by atoms with Crippen LogP contribution < -0.4 is 10.4 Å². The van der Waals surface area contributed by atoms with E-state index in [1.165, 1.54) is 15.3 Å². The van der Waals surface area contributed by atoms with E-state index in [9.17, 15) is 9.90 Å². The van der Waals surface area contributed by atoms with Crippen LogP contribution in [0.5, 0.6) is 0 Å². The lowest BCUT2D eigenvalue weighted by atomic mass is 10.2. The van der Waals surface area contributed by atoms with E-state index in [4.69, 9.17) is 9.16 Å². The van der Waals surface area contributed by atoms with Crippen LogP contribution in [0.3, 0.4) is 0 Å². The van der Waals surface area contributed by atoms with E-state index in [-0.39, 0.29) is 17.7 Å². The van der Waals surface area contributed by atoms with Crippen molar-refractivity contribution in [2.45, 2.75) is 64.6 Å². The number of amides is 1. The van der Waals surface area contributed by atoms with Crippen LogP contribution in [-0.2, 0) is 9.16 Å². The summed E-state index contributed by atoms with van der Waals surface area (Å²) in [5, 5.41) is 12.3. The predicted molar refractivity (Wildman–Crippen MR) is 133 cm³/mol. The second-order valence-electron chi connectivity index (χ2n) is 10.2. The molecule has 0 unspecified atom stereocenters. The van der Waals surface area contributed by atoms with Gasteiger partial charge < -0.3 is 19.2 Å². The van der Waals surface area contributed by atoms with Gasteiger partial charge in [0.05, 0.1) is 12.6 Å². The van der Waals surface area contributed by atoms with Crippen molar-refractivity contribution in [1.82, 2.24) is 4.90 Å². The first-order chi connectivity index (χ1) is 14.9. The molecule has 0 radical (unpaired) electrons. The number of carbonyl (C=O) groups is 1. The summed E-state index contributed by atoms with van der Waals surface area (Å²) in [5.41, 5.74) is -0.587. The van der Waals surface area contributed by atoms with Gasteiger partial charge in [0, 0.05) is 13.7 Å². The van der Waals surface area contributed by atoms with Gasteiger partial charge >= 0.3 is 6.09 Å². The Bertz CT molecular complexity index is 804. The Labute approximate surface area is 194 Å². The van der Waals surface area contributed by atoms with Gasteiger partial charge in [0.1, 0.15) is 5.60 Å². The summed E-state index contributed by atoms with van der Waals surface area (Å²) in [6.07, 6.45) is 0.0681. The first kappa shape index (κ1) is 26.1. The molecule has 0 bridgehead atoms. The zero-order valence-electron chi connectivity index (χ0n) is 20.6. The van der Waals surface area contributed by atoms with Crippen molar-refractivity contribution in [2.24, 2.45) is 0 Å². The Balaban J connectivity index is 2.30. The molecular weight excluding hydrogens is 418 g/mol. The lowest BCUT2D eigenvalue weighted by molar-refractivity contribution is 0.0136. The van der Waals surface area contributed by atoms with E-state index in [1.807, 2.05) is 32.9 Å². The van der Waals surface area contributed by atoms with Crippen LogP contribution in [0, 0.1) is 0 Å².